The van der Waals surface area contributed by atoms with Gasteiger partial charge < -0.3 is 4.42 Å². The van der Waals surface area contributed by atoms with Crippen molar-refractivity contribution in [3.05, 3.63) is 175 Å². The Hall–Kier alpha value is -6.44. The second kappa shape index (κ2) is 11.0. The molecule has 1 aliphatic carbocycles. The fraction of sp³-hybridized carbons (Fsp3) is 0.0400. The van der Waals surface area contributed by atoms with E-state index in [0.29, 0.717) is 0 Å². The van der Waals surface area contributed by atoms with Crippen LogP contribution < -0.4 is 0 Å². The molecule has 0 fully saturated rings. The SMILES string of the molecule is C1=Cc2cc(-c3cccc4ccccc34)cc(-c3c4ccccc4c(-c4cccc5oc6cc7ccccc7cc6c45)c4ccccc34)c2CC1. The van der Waals surface area contributed by atoms with E-state index >= 15 is 0 Å². The van der Waals surface area contributed by atoms with Crippen LogP contribution in [0.5, 0.6) is 0 Å². The van der Waals surface area contributed by atoms with Crippen molar-refractivity contribution in [2.24, 2.45) is 0 Å². The first-order chi connectivity index (χ1) is 25.3. The first kappa shape index (κ1) is 28.4. The van der Waals surface area contributed by atoms with Crippen LogP contribution in [0.3, 0.4) is 0 Å². The second-order valence-electron chi connectivity index (χ2n) is 13.9. The van der Waals surface area contributed by atoms with E-state index in [-0.39, 0.29) is 0 Å². The lowest BCUT2D eigenvalue weighted by Gasteiger charge is -2.23. The largest absolute Gasteiger partial charge is 0.456 e. The summed E-state index contributed by atoms with van der Waals surface area (Å²) in [5.74, 6) is 0. The Morgan fingerprint density at radius 1 is 0.412 bits per heavy atom. The Morgan fingerprint density at radius 3 is 1.75 bits per heavy atom. The van der Waals surface area contributed by atoms with Gasteiger partial charge in [-0.1, -0.05) is 140 Å². The normalized spacial score (nSPS) is 12.9. The van der Waals surface area contributed by atoms with Crippen LogP contribution in [-0.4, -0.2) is 0 Å². The van der Waals surface area contributed by atoms with Crippen molar-refractivity contribution in [2.75, 3.05) is 0 Å². The van der Waals surface area contributed by atoms with Gasteiger partial charge in [0.05, 0.1) is 0 Å². The lowest BCUT2D eigenvalue weighted by atomic mass is 9.80. The summed E-state index contributed by atoms with van der Waals surface area (Å²) < 4.78 is 6.58. The lowest BCUT2D eigenvalue weighted by molar-refractivity contribution is 0.669. The number of hydrogen-bond donors (Lipinski definition) is 0. The summed E-state index contributed by atoms with van der Waals surface area (Å²) >= 11 is 0. The molecule has 0 saturated heterocycles. The van der Waals surface area contributed by atoms with Crippen LogP contribution in [0.25, 0.3) is 104 Å². The molecule has 0 atom stereocenters. The number of furan rings is 1. The predicted molar refractivity (Wildman–Crippen MR) is 217 cm³/mol. The van der Waals surface area contributed by atoms with Gasteiger partial charge in [0, 0.05) is 10.8 Å². The van der Waals surface area contributed by atoms with Crippen LogP contribution in [0.2, 0.25) is 0 Å². The highest BCUT2D eigenvalue weighted by atomic mass is 16.3. The van der Waals surface area contributed by atoms with Crippen molar-refractivity contribution in [1.82, 2.24) is 0 Å². The van der Waals surface area contributed by atoms with E-state index in [9.17, 15) is 0 Å². The molecule has 0 unspecified atom stereocenters. The predicted octanol–water partition coefficient (Wildman–Crippen LogP) is 14.2. The molecule has 51 heavy (non-hydrogen) atoms. The topological polar surface area (TPSA) is 13.1 Å². The van der Waals surface area contributed by atoms with E-state index in [1.54, 1.807) is 0 Å². The first-order valence-corrected chi connectivity index (χ1v) is 17.9. The maximum absolute atomic E-state index is 6.58. The molecular weight excluding hydrogens is 617 g/mol. The molecule has 11 rings (SSSR count). The highest BCUT2D eigenvalue weighted by Crippen LogP contribution is 2.49. The third-order valence-corrected chi connectivity index (χ3v) is 11.1. The Balaban J connectivity index is 1.25. The molecule has 0 spiro atoms. The molecule has 238 valence electrons. The smallest absolute Gasteiger partial charge is 0.136 e. The fourth-order valence-corrected chi connectivity index (χ4v) is 8.84. The van der Waals surface area contributed by atoms with Crippen LogP contribution in [0.4, 0.5) is 0 Å². The molecule has 0 N–H and O–H groups in total. The van der Waals surface area contributed by atoms with Gasteiger partial charge in [0.15, 0.2) is 0 Å². The maximum Gasteiger partial charge on any atom is 0.136 e. The van der Waals surface area contributed by atoms with E-state index in [4.69, 9.17) is 4.42 Å². The molecular formula is C50H32O. The van der Waals surface area contributed by atoms with Crippen LogP contribution >= 0.6 is 0 Å². The lowest BCUT2D eigenvalue weighted by Crippen LogP contribution is -2.01. The number of allylic oxidation sites excluding steroid dienone is 1. The van der Waals surface area contributed by atoms with Gasteiger partial charge in [0.2, 0.25) is 0 Å². The van der Waals surface area contributed by atoms with Crippen molar-refractivity contribution in [3.8, 4) is 33.4 Å². The Kier molecular flexibility index (Phi) is 6.15. The van der Waals surface area contributed by atoms with Crippen molar-refractivity contribution < 1.29 is 4.42 Å². The highest BCUT2D eigenvalue weighted by molar-refractivity contribution is 6.26. The average Bonchev–Trinajstić information content (AvgIpc) is 3.56. The monoisotopic (exact) mass is 648 g/mol. The molecule has 0 bridgehead atoms. The number of hydrogen-bond acceptors (Lipinski definition) is 1. The van der Waals surface area contributed by atoms with Gasteiger partial charge in [-0.2, -0.15) is 0 Å². The van der Waals surface area contributed by atoms with Crippen molar-refractivity contribution >= 4 is 71.1 Å². The van der Waals surface area contributed by atoms with Gasteiger partial charge in [-0.15, -0.1) is 0 Å². The number of rotatable bonds is 3. The van der Waals surface area contributed by atoms with Gasteiger partial charge in [-0.3, -0.25) is 0 Å². The minimum Gasteiger partial charge on any atom is -0.456 e. The molecule has 10 aromatic rings. The third kappa shape index (κ3) is 4.28. The average molecular weight is 649 g/mol. The van der Waals surface area contributed by atoms with Gasteiger partial charge in [-0.05, 0) is 131 Å². The van der Waals surface area contributed by atoms with E-state index in [1.807, 2.05) is 0 Å². The summed E-state index contributed by atoms with van der Waals surface area (Å²) in [5, 5.41) is 12.3. The third-order valence-electron chi connectivity index (χ3n) is 11.1. The zero-order chi connectivity index (χ0) is 33.5. The molecule has 0 amide bonds. The highest BCUT2D eigenvalue weighted by Gasteiger charge is 2.23. The quantitative estimate of drug-likeness (QED) is 0.174. The number of fused-ring (bicyclic) bond motifs is 8. The molecule has 0 aliphatic heterocycles. The zero-order valence-electron chi connectivity index (χ0n) is 28.0. The van der Waals surface area contributed by atoms with Crippen molar-refractivity contribution in [3.63, 3.8) is 0 Å². The first-order valence-electron chi connectivity index (χ1n) is 17.9. The van der Waals surface area contributed by atoms with Gasteiger partial charge >= 0.3 is 0 Å². The van der Waals surface area contributed by atoms with E-state index < -0.39 is 0 Å². The van der Waals surface area contributed by atoms with Gasteiger partial charge in [0.25, 0.3) is 0 Å². The Morgan fingerprint density at radius 2 is 1.00 bits per heavy atom. The van der Waals surface area contributed by atoms with Gasteiger partial charge in [-0.25, -0.2) is 0 Å². The molecule has 1 aromatic heterocycles. The summed E-state index contributed by atoms with van der Waals surface area (Å²) in [6.07, 6.45) is 6.74. The zero-order valence-corrected chi connectivity index (χ0v) is 28.0. The van der Waals surface area contributed by atoms with E-state index in [2.05, 4.69) is 170 Å². The minimum absolute atomic E-state index is 0.915. The number of benzene rings is 9. The molecule has 1 nitrogen and oxygen atoms in total. The van der Waals surface area contributed by atoms with Gasteiger partial charge in [0.1, 0.15) is 11.2 Å². The molecule has 1 heteroatoms. The fourth-order valence-electron chi connectivity index (χ4n) is 8.84. The Bertz CT molecular complexity index is 3020. The molecule has 0 radical (unpaired) electrons. The second-order valence-corrected chi connectivity index (χ2v) is 13.9. The summed E-state index contributed by atoms with van der Waals surface area (Å²) in [6, 6.07) is 58.0. The van der Waals surface area contributed by atoms with Crippen molar-refractivity contribution in [2.45, 2.75) is 12.8 Å². The van der Waals surface area contributed by atoms with Crippen molar-refractivity contribution in [1.29, 1.82) is 0 Å². The summed E-state index contributed by atoms with van der Waals surface area (Å²) in [7, 11) is 0. The van der Waals surface area contributed by atoms with Crippen LogP contribution in [0.15, 0.2) is 168 Å². The van der Waals surface area contributed by atoms with E-state index in [0.717, 1.165) is 29.4 Å². The maximum atomic E-state index is 6.58. The summed E-state index contributed by atoms with van der Waals surface area (Å²) in [5.41, 5.74) is 12.2. The standard InChI is InChI=1S/C50H32O/c1-2-15-33-30-47-45(28-32(33)14-1)50-43(25-12-26-46(50)51-47)48-39-20-7-9-22-41(39)49(42-23-10-8-21-40(42)48)44-29-35(27-34-16-4-6-19-37(34)44)38-24-11-17-31-13-3-5-18-36(31)38/h1-5,7-18,20-30H,6,19H2. The Labute approximate surface area is 295 Å². The van der Waals surface area contributed by atoms with Crippen LogP contribution in [0, 0.1) is 0 Å². The van der Waals surface area contributed by atoms with E-state index in [1.165, 1.54) is 93.0 Å². The van der Waals surface area contributed by atoms with Crippen LogP contribution in [-0.2, 0) is 6.42 Å². The summed E-state index contributed by atoms with van der Waals surface area (Å²) in [6.45, 7) is 0. The minimum atomic E-state index is 0.915. The molecule has 1 aliphatic rings. The molecule has 9 aromatic carbocycles. The molecule has 0 saturated carbocycles. The summed E-state index contributed by atoms with van der Waals surface area (Å²) in [4.78, 5) is 0. The molecule has 1 heterocycles. The van der Waals surface area contributed by atoms with Crippen LogP contribution in [0.1, 0.15) is 17.5 Å².